The number of hydrogen-bond donors (Lipinski definition) is 1. The molecule has 0 fully saturated rings. The van der Waals surface area contributed by atoms with Crippen LogP contribution in [-0.2, 0) is 19.9 Å². The molecule has 0 spiro atoms. The van der Waals surface area contributed by atoms with Gasteiger partial charge in [0.25, 0.3) is 0 Å². The van der Waals surface area contributed by atoms with E-state index in [0.717, 1.165) is 30.6 Å². The highest BCUT2D eigenvalue weighted by molar-refractivity contribution is 5.75. The third-order valence-corrected chi connectivity index (χ3v) is 3.97. The van der Waals surface area contributed by atoms with Gasteiger partial charge in [0, 0.05) is 19.5 Å². The van der Waals surface area contributed by atoms with Crippen molar-refractivity contribution < 1.29 is 0 Å². The molecule has 0 radical (unpaired) electrons. The van der Waals surface area contributed by atoms with Crippen molar-refractivity contribution in [2.24, 2.45) is 12.8 Å². The number of nitrogens with zero attached hydrogens (tertiary/aromatic N) is 2. The van der Waals surface area contributed by atoms with Gasteiger partial charge in [0.1, 0.15) is 5.82 Å². The molecule has 0 aliphatic carbocycles. The molecule has 3 nitrogen and oxygen atoms in total. The first kappa shape index (κ1) is 13.8. The quantitative estimate of drug-likeness (QED) is 0.780. The van der Waals surface area contributed by atoms with Crippen molar-refractivity contribution in [1.82, 2.24) is 9.55 Å². The maximum atomic E-state index is 6.29. The summed E-state index contributed by atoms with van der Waals surface area (Å²) in [6, 6.07) is 18.9. The highest BCUT2D eigenvalue weighted by atomic mass is 15.1. The van der Waals surface area contributed by atoms with Crippen molar-refractivity contribution in [2.45, 2.75) is 25.3 Å². The number of aryl methyl sites for hydroxylation is 2. The van der Waals surface area contributed by atoms with E-state index in [9.17, 15) is 0 Å². The van der Waals surface area contributed by atoms with E-state index in [4.69, 9.17) is 10.7 Å². The average Bonchev–Trinajstić information content (AvgIpc) is 2.83. The summed E-state index contributed by atoms with van der Waals surface area (Å²) in [4.78, 5) is 4.69. The number of hydrogen-bond acceptors (Lipinski definition) is 2. The molecule has 2 aromatic carbocycles. The monoisotopic (exact) mass is 279 g/mol. The lowest BCUT2D eigenvalue weighted by Gasteiger charge is -2.11. The van der Waals surface area contributed by atoms with Gasteiger partial charge in [-0.15, -0.1) is 0 Å². The van der Waals surface area contributed by atoms with Gasteiger partial charge in [0.05, 0.1) is 11.0 Å². The van der Waals surface area contributed by atoms with Crippen molar-refractivity contribution in [3.63, 3.8) is 0 Å². The van der Waals surface area contributed by atoms with Crippen LogP contribution in [0.5, 0.6) is 0 Å². The molecular weight excluding hydrogens is 258 g/mol. The van der Waals surface area contributed by atoms with Crippen molar-refractivity contribution in [3.05, 3.63) is 66.0 Å². The Labute approximate surface area is 125 Å². The number of benzene rings is 2. The van der Waals surface area contributed by atoms with Crippen LogP contribution in [-0.4, -0.2) is 15.6 Å². The Balaban J connectivity index is 1.66. The molecule has 0 aliphatic heterocycles. The van der Waals surface area contributed by atoms with Gasteiger partial charge in [-0.05, 0) is 30.5 Å². The summed E-state index contributed by atoms with van der Waals surface area (Å²) in [5, 5.41) is 0. The third kappa shape index (κ3) is 3.14. The molecule has 3 heteroatoms. The molecule has 0 saturated carbocycles. The number of imidazole rings is 1. The van der Waals surface area contributed by atoms with Crippen LogP contribution in [0.25, 0.3) is 11.0 Å². The van der Waals surface area contributed by atoms with Crippen LogP contribution in [0.1, 0.15) is 17.8 Å². The predicted octanol–water partition coefficient (Wildman–Crippen LogP) is 3.08. The van der Waals surface area contributed by atoms with E-state index in [1.165, 1.54) is 11.1 Å². The van der Waals surface area contributed by atoms with E-state index in [1.807, 2.05) is 24.3 Å². The topological polar surface area (TPSA) is 43.8 Å². The Morgan fingerprint density at radius 3 is 2.52 bits per heavy atom. The zero-order chi connectivity index (χ0) is 14.7. The Kier molecular flexibility index (Phi) is 4.02. The lowest BCUT2D eigenvalue weighted by molar-refractivity contribution is 0.584. The summed E-state index contributed by atoms with van der Waals surface area (Å²) in [6.07, 6.45) is 2.82. The second-order valence-corrected chi connectivity index (χ2v) is 5.56. The Hall–Kier alpha value is -2.13. The minimum absolute atomic E-state index is 0.140. The van der Waals surface area contributed by atoms with E-state index in [1.54, 1.807) is 0 Å². The molecule has 1 atom stereocenters. The Bertz CT molecular complexity index is 716. The first-order valence-corrected chi connectivity index (χ1v) is 7.44. The predicted molar refractivity (Wildman–Crippen MR) is 87.2 cm³/mol. The first-order valence-electron chi connectivity index (χ1n) is 7.44. The fourth-order valence-corrected chi connectivity index (χ4v) is 2.71. The fourth-order valence-electron chi connectivity index (χ4n) is 2.71. The summed E-state index contributed by atoms with van der Waals surface area (Å²) >= 11 is 0. The van der Waals surface area contributed by atoms with Crippen LogP contribution >= 0.6 is 0 Å². The van der Waals surface area contributed by atoms with E-state index in [2.05, 4.69) is 41.9 Å². The molecule has 2 N–H and O–H groups in total. The minimum atomic E-state index is 0.140. The maximum Gasteiger partial charge on any atom is 0.111 e. The van der Waals surface area contributed by atoms with E-state index >= 15 is 0 Å². The number of fused-ring (bicyclic) bond motifs is 1. The number of rotatable bonds is 5. The van der Waals surface area contributed by atoms with Crippen molar-refractivity contribution in [3.8, 4) is 0 Å². The van der Waals surface area contributed by atoms with Gasteiger partial charge in [-0.3, -0.25) is 0 Å². The van der Waals surface area contributed by atoms with Gasteiger partial charge in [0.15, 0.2) is 0 Å². The number of nitrogens with two attached hydrogens (primary N) is 1. The number of aromatic nitrogens is 2. The normalized spacial score (nSPS) is 12.7. The van der Waals surface area contributed by atoms with Gasteiger partial charge < -0.3 is 10.3 Å². The molecule has 0 bridgehead atoms. The summed E-state index contributed by atoms with van der Waals surface area (Å²) in [7, 11) is 2.06. The van der Waals surface area contributed by atoms with Crippen molar-refractivity contribution >= 4 is 11.0 Å². The Morgan fingerprint density at radius 2 is 1.76 bits per heavy atom. The largest absolute Gasteiger partial charge is 0.331 e. The molecule has 0 amide bonds. The Morgan fingerprint density at radius 1 is 1.05 bits per heavy atom. The van der Waals surface area contributed by atoms with Gasteiger partial charge in [-0.25, -0.2) is 4.98 Å². The molecular formula is C18H21N3. The second-order valence-electron chi connectivity index (χ2n) is 5.56. The molecule has 1 unspecified atom stereocenters. The maximum absolute atomic E-state index is 6.29. The van der Waals surface area contributed by atoms with Gasteiger partial charge in [0.2, 0.25) is 0 Å². The lowest BCUT2D eigenvalue weighted by Crippen LogP contribution is -2.25. The molecule has 3 rings (SSSR count). The van der Waals surface area contributed by atoms with Crippen LogP contribution in [0.15, 0.2) is 54.6 Å². The molecule has 108 valence electrons. The molecule has 0 saturated heterocycles. The van der Waals surface area contributed by atoms with Crippen molar-refractivity contribution in [1.29, 1.82) is 0 Å². The zero-order valence-corrected chi connectivity index (χ0v) is 12.4. The fraction of sp³-hybridized carbons (Fsp3) is 0.278. The van der Waals surface area contributed by atoms with Gasteiger partial charge in [-0.2, -0.15) is 0 Å². The molecule has 1 aromatic heterocycles. The summed E-state index contributed by atoms with van der Waals surface area (Å²) in [6.45, 7) is 0. The minimum Gasteiger partial charge on any atom is -0.331 e. The SMILES string of the molecule is Cn1c(CC(N)CCc2ccccc2)nc2ccccc21. The van der Waals surface area contributed by atoms with Crippen molar-refractivity contribution in [2.75, 3.05) is 0 Å². The smallest absolute Gasteiger partial charge is 0.111 e. The van der Waals surface area contributed by atoms with Crippen LogP contribution in [0.2, 0.25) is 0 Å². The van der Waals surface area contributed by atoms with E-state index < -0.39 is 0 Å². The van der Waals surface area contributed by atoms with Crippen LogP contribution in [0.3, 0.4) is 0 Å². The van der Waals surface area contributed by atoms with Crippen LogP contribution in [0.4, 0.5) is 0 Å². The summed E-state index contributed by atoms with van der Waals surface area (Å²) in [5.74, 6) is 1.07. The summed E-state index contributed by atoms with van der Waals surface area (Å²) in [5.41, 5.74) is 9.85. The highest BCUT2D eigenvalue weighted by Crippen LogP contribution is 2.16. The van der Waals surface area contributed by atoms with Gasteiger partial charge >= 0.3 is 0 Å². The highest BCUT2D eigenvalue weighted by Gasteiger charge is 2.11. The standard InChI is InChI=1S/C18H21N3/c1-21-17-10-6-5-9-16(17)20-18(21)13-15(19)12-11-14-7-3-2-4-8-14/h2-10,15H,11-13,19H2,1H3. The number of para-hydroxylation sites is 2. The zero-order valence-electron chi connectivity index (χ0n) is 12.4. The second kappa shape index (κ2) is 6.10. The first-order chi connectivity index (χ1) is 10.2. The lowest BCUT2D eigenvalue weighted by atomic mass is 10.0. The van der Waals surface area contributed by atoms with Crippen LogP contribution in [0, 0.1) is 0 Å². The molecule has 21 heavy (non-hydrogen) atoms. The molecule has 1 heterocycles. The van der Waals surface area contributed by atoms with Gasteiger partial charge in [-0.1, -0.05) is 42.5 Å². The van der Waals surface area contributed by atoms with Crippen LogP contribution < -0.4 is 5.73 Å². The molecule has 0 aliphatic rings. The van der Waals surface area contributed by atoms with E-state index in [0.29, 0.717) is 0 Å². The average molecular weight is 279 g/mol. The third-order valence-electron chi connectivity index (χ3n) is 3.97. The summed E-state index contributed by atoms with van der Waals surface area (Å²) < 4.78 is 2.15. The molecule has 3 aromatic rings. The van der Waals surface area contributed by atoms with E-state index in [-0.39, 0.29) is 6.04 Å².